The van der Waals surface area contributed by atoms with Gasteiger partial charge < -0.3 is 16.0 Å². The second-order valence-electron chi connectivity index (χ2n) is 7.63. The fraction of sp³-hybridized carbons (Fsp3) is 0.409. The molecule has 0 fully saturated rings. The zero-order valence-electron chi connectivity index (χ0n) is 17.1. The maximum absolute atomic E-state index is 11.8. The van der Waals surface area contributed by atoms with Crippen molar-refractivity contribution in [2.75, 3.05) is 20.1 Å². The minimum absolute atomic E-state index is 0.0549. The molecule has 7 heteroatoms. The first-order valence-electron chi connectivity index (χ1n) is 10.2. The molecule has 2 aromatic rings. The molecule has 0 bridgehead atoms. The predicted molar refractivity (Wildman–Crippen MR) is 115 cm³/mol. The molecule has 1 aromatic heterocycles. The summed E-state index contributed by atoms with van der Waals surface area (Å²) in [6.07, 6.45) is 6.23. The number of nitrogens with one attached hydrogen (secondary N) is 1. The number of amides is 1. The molecule has 2 aliphatic rings. The van der Waals surface area contributed by atoms with Gasteiger partial charge in [-0.25, -0.2) is 4.99 Å². The summed E-state index contributed by atoms with van der Waals surface area (Å²) in [7, 11) is 1.88. The highest BCUT2D eigenvalue weighted by Crippen LogP contribution is 2.29. The lowest BCUT2D eigenvalue weighted by Gasteiger charge is -2.29. The molecule has 4 rings (SSSR count). The van der Waals surface area contributed by atoms with E-state index < -0.39 is 0 Å². The smallest absolute Gasteiger partial charge is 0.219 e. The molecule has 0 saturated carbocycles. The summed E-state index contributed by atoms with van der Waals surface area (Å²) < 4.78 is 2.12. The van der Waals surface area contributed by atoms with E-state index in [0.717, 1.165) is 41.9 Å². The Balaban J connectivity index is 1.57. The van der Waals surface area contributed by atoms with Crippen LogP contribution >= 0.6 is 0 Å². The van der Waals surface area contributed by atoms with Gasteiger partial charge in [-0.2, -0.15) is 5.10 Å². The van der Waals surface area contributed by atoms with Gasteiger partial charge in [0.2, 0.25) is 5.91 Å². The van der Waals surface area contributed by atoms with E-state index in [1.54, 1.807) is 11.8 Å². The lowest BCUT2D eigenvalue weighted by molar-refractivity contribution is -0.128. The van der Waals surface area contributed by atoms with Crippen molar-refractivity contribution in [1.82, 2.24) is 20.0 Å². The van der Waals surface area contributed by atoms with Crippen LogP contribution in [0.5, 0.6) is 0 Å². The van der Waals surface area contributed by atoms with Crippen molar-refractivity contribution in [1.29, 1.82) is 0 Å². The van der Waals surface area contributed by atoms with Gasteiger partial charge >= 0.3 is 0 Å². The maximum Gasteiger partial charge on any atom is 0.219 e. The number of carbonyl (C=O) groups excluding carboxylic acids is 1. The Morgan fingerprint density at radius 2 is 1.97 bits per heavy atom. The summed E-state index contributed by atoms with van der Waals surface area (Å²) in [4.78, 5) is 18.2. The van der Waals surface area contributed by atoms with E-state index in [1.807, 2.05) is 25.4 Å². The van der Waals surface area contributed by atoms with Crippen LogP contribution in [0.15, 0.2) is 46.7 Å². The number of aromatic nitrogens is 2. The number of amidine groups is 1. The number of benzene rings is 1. The van der Waals surface area contributed by atoms with Crippen LogP contribution in [0.1, 0.15) is 31.9 Å². The molecular weight excluding hydrogens is 364 g/mol. The Hall–Kier alpha value is -3.09. The van der Waals surface area contributed by atoms with Gasteiger partial charge in [-0.1, -0.05) is 12.1 Å². The summed E-state index contributed by atoms with van der Waals surface area (Å²) in [6.45, 7) is 3.78. The molecule has 3 heterocycles. The number of hydrogen-bond donors (Lipinski definition) is 2. The van der Waals surface area contributed by atoms with E-state index in [4.69, 9.17) is 5.73 Å². The third-order valence-corrected chi connectivity index (χ3v) is 5.81. The lowest BCUT2D eigenvalue weighted by atomic mass is 10.0. The second-order valence-corrected chi connectivity index (χ2v) is 7.63. The van der Waals surface area contributed by atoms with Crippen molar-refractivity contribution in [3.8, 4) is 11.1 Å². The van der Waals surface area contributed by atoms with Crippen LogP contribution in [0, 0.1) is 0 Å². The molecule has 0 aliphatic carbocycles. The lowest BCUT2D eigenvalue weighted by Crippen LogP contribution is -2.40. The third kappa shape index (κ3) is 3.90. The van der Waals surface area contributed by atoms with Crippen molar-refractivity contribution in [3.63, 3.8) is 0 Å². The van der Waals surface area contributed by atoms with Crippen LogP contribution in [-0.2, 0) is 17.8 Å². The summed E-state index contributed by atoms with van der Waals surface area (Å²) in [5, 5.41) is 7.74. The zero-order chi connectivity index (χ0) is 20.4. The number of aryl methyl sites for hydroxylation is 1. The Kier molecular flexibility index (Phi) is 5.38. The van der Waals surface area contributed by atoms with Crippen molar-refractivity contribution >= 4 is 17.4 Å². The fourth-order valence-electron chi connectivity index (χ4n) is 4.13. The van der Waals surface area contributed by atoms with Crippen LogP contribution in [-0.4, -0.2) is 46.6 Å². The summed E-state index contributed by atoms with van der Waals surface area (Å²) >= 11 is 0. The Labute approximate surface area is 171 Å². The molecule has 152 valence electrons. The minimum atomic E-state index is 0.0549. The fourth-order valence-corrected chi connectivity index (χ4v) is 4.13. The van der Waals surface area contributed by atoms with Crippen molar-refractivity contribution < 1.29 is 4.79 Å². The first-order valence-corrected chi connectivity index (χ1v) is 10.2. The van der Waals surface area contributed by atoms with Crippen LogP contribution in [0.25, 0.3) is 11.1 Å². The number of fused-ring (bicyclic) bond motifs is 1. The predicted octanol–water partition coefficient (Wildman–Crippen LogP) is 2.60. The number of aliphatic imine (C=N–C) groups is 1. The van der Waals surface area contributed by atoms with Crippen LogP contribution < -0.4 is 11.1 Å². The van der Waals surface area contributed by atoms with Crippen LogP contribution in [0.2, 0.25) is 0 Å². The molecule has 1 amide bonds. The molecule has 3 N–H and O–H groups in total. The second kappa shape index (κ2) is 8.11. The molecular formula is C22H28N6O. The van der Waals surface area contributed by atoms with Gasteiger partial charge in [0.05, 0.1) is 18.4 Å². The van der Waals surface area contributed by atoms with Crippen molar-refractivity contribution in [2.24, 2.45) is 10.7 Å². The van der Waals surface area contributed by atoms with Gasteiger partial charge in [-0.05, 0) is 37.0 Å². The van der Waals surface area contributed by atoms with Crippen molar-refractivity contribution in [2.45, 2.75) is 39.2 Å². The number of nitrogens with zero attached hydrogens (tertiary/aromatic N) is 4. The average molecular weight is 393 g/mol. The Bertz CT molecular complexity index is 970. The van der Waals surface area contributed by atoms with E-state index in [9.17, 15) is 4.79 Å². The minimum Gasteiger partial charge on any atom is -0.391 e. The van der Waals surface area contributed by atoms with Gasteiger partial charge in [0, 0.05) is 56.0 Å². The highest BCUT2D eigenvalue weighted by molar-refractivity contribution is 6.00. The van der Waals surface area contributed by atoms with Crippen LogP contribution in [0.3, 0.4) is 0 Å². The standard InChI is InChI=1S/C22H28N6O/c1-15(29)27-12-10-20(24-2)19(14-27)22(23)26-17-8-6-16(7-9-17)18-13-25-28-11-4-3-5-21(18)28/h6-9,13,24H,3-5,10-12,14H2,1-2H3,(H2,23,26). The molecule has 0 unspecified atom stereocenters. The summed E-state index contributed by atoms with van der Waals surface area (Å²) in [5.74, 6) is 0.510. The zero-order valence-corrected chi connectivity index (χ0v) is 17.1. The van der Waals surface area contributed by atoms with E-state index in [2.05, 4.69) is 32.2 Å². The monoisotopic (exact) mass is 392 g/mol. The van der Waals surface area contributed by atoms with Gasteiger partial charge in [0.25, 0.3) is 0 Å². The SMILES string of the molecule is CNC1=C(C(N)=Nc2ccc(-c3cnn4c3CCCC4)cc2)CN(C(C)=O)CC1. The first-order chi connectivity index (χ1) is 14.1. The number of hydrogen-bond acceptors (Lipinski definition) is 4. The van der Waals surface area contributed by atoms with E-state index in [0.29, 0.717) is 18.9 Å². The van der Waals surface area contributed by atoms with Crippen LogP contribution in [0.4, 0.5) is 5.69 Å². The quantitative estimate of drug-likeness (QED) is 0.618. The highest BCUT2D eigenvalue weighted by atomic mass is 16.2. The molecule has 29 heavy (non-hydrogen) atoms. The van der Waals surface area contributed by atoms with Crippen molar-refractivity contribution in [3.05, 3.63) is 47.4 Å². The van der Waals surface area contributed by atoms with E-state index in [1.165, 1.54) is 24.1 Å². The number of carbonyl (C=O) groups is 1. The summed E-state index contributed by atoms with van der Waals surface area (Å²) in [6, 6.07) is 8.13. The molecule has 0 radical (unpaired) electrons. The molecule has 0 saturated heterocycles. The normalized spacial score (nSPS) is 17.3. The molecule has 7 nitrogen and oxygen atoms in total. The average Bonchev–Trinajstić information content (AvgIpc) is 3.18. The van der Waals surface area contributed by atoms with Gasteiger partial charge in [-0.3, -0.25) is 9.48 Å². The van der Waals surface area contributed by atoms with E-state index >= 15 is 0 Å². The topological polar surface area (TPSA) is 88.5 Å². The molecule has 0 spiro atoms. The van der Waals surface area contributed by atoms with Gasteiger partial charge in [-0.15, -0.1) is 0 Å². The number of nitrogens with two attached hydrogens (primary N) is 1. The van der Waals surface area contributed by atoms with E-state index in [-0.39, 0.29) is 5.91 Å². The summed E-state index contributed by atoms with van der Waals surface area (Å²) in [5.41, 5.74) is 12.8. The third-order valence-electron chi connectivity index (χ3n) is 5.81. The molecule has 2 aliphatic heterocycles. The number of rotatable bonds is 4. The first kappa shape index (κ1) is 19.2. The largest absolute Gasteiger partial charge is 0.391 e. The Morgan fingerprint density at radius 3 is 2.69 bits per heavy atom. The van der Waals surface area contributed by atoms with Gasteiger partial charge in [0.1, 0.15) is 5.84 Å². The molecule has 0 atom stereocenters. The molecule has 1 aromatic carbocycles. The van der Waals surface area contributed by atoms with Gasteiger partial charge in [0.15, 0.2) is 0 Å². The maximum atomic E-state index is 11.8. The Morgan fingerprint density at radius 1 is 1.17 bits per heavy atom. The highest BCUT2D eigenvalue weighted by Gasteiger charge is 2.22.